The standard InChI is InChI=1S/C11H11F3N2O3/c12-11(13,14)6-1-2-7(15-3-6)10(19)16-4-8(17)9(18)5-16/h1-3,8-9,17-18H,4-5H2. The summed E-state index contributed by atoms with van der Waals surface area (Å²) in [6.45, 7) is -0.134. The molecule has 0 saturated carbocycles. The molecule has 2 rings (SSSR count). The molecule has 1 aliphatic rings. The van der Waals surface area contributed by atoms with Crippen LogP contribution in [0.5, 0.6) is 0 Å². The van der Waals surface area contributed by atoms with E-state index in [-0.39, 0.29) is 18.8 Å². The fourth-order valence-electron chi connectivity index (χ4n) is 1.79. The van der Waals surface area contributed by atoms with Crippen molar-refractivity contribution in [2.24, 2.45) is 0 Å². The van der Waals surface area contributed by atoms with Gasteiger partial charge >= 0.3 is 6.18 Å². The van der Waals surface area contributed by atoms with Gasteiger partial charge < -0.3 is 15.1 Å². The Balaban J connectivity index is 2.13. The summed E-state index contributed by atoms with van der Waals surface area (Å²) in [5, 5.41) is 18.6. The van der Waals surface area contributed by atoms with Crippen molar-refractivity contribution in [1.82, 2.24) is 9.88 Å². The number of aromatic nitrogens is 1. The zero-order valence-electron chi connectivity index (χ0n) is 9.63. The Kier molecular flexibility index (Phi) is 3.46. The first-order valence-corrected chi connectivity index (χ1v) is 5.47. The maximum absolute atomic E-state index is 12.3. The van der Waals surface area contributed by atoms with Gasteiger partial charge in [0, 0.05) is 19.3 Å². The molecule has 0 spiro atoms. The highest BCUT2D eigenvalue weighted by atomic mass is 19.4. The molecule has 1 saturated heterocycles. The molecule has 2 unspecified atom stereocenters. The highest BCUT2D eigenvalue weighted by Gasteiger charge is 2.34. The second-order valence-corrected chi connectivity index (χ2v) is 4.27. The third-order valence-corrected chi connectivity index (χ3v) is 2.86. The number of β-amino-alcohol motifs (C(OH)–C–C–N with tert-alkyl or cyclic N) is 2. The van der Waals surface area contributed by atoms with Gasteiger partial charge in [-0.05, 0) is 12.1 Å². The lowest BCUT2D eigenvalue weighted by Gasteiger charge is -2.15. The number of likely N-dealkylation sites (tertiary alicyclic amines) is 1. The van der Waals surface area contributed by atoms with Crippen LogP contribution < -0.4 is 0 Å². The molecule has 8 heteroatoms. The predicted molar refractivity (Wildman–Crippen MR) is 57.2 cm³/mol. The number of aliphatic hydroxyl groups is 2. The van der Waals surface area contributed by atoms with Crippen LogP contribution in [0.1, 0.15) is 16.1 Å². The van der Waals surface area contributed by atoms with Crippen LogP contribution in [0.15, 0.2) is 18.3 Å². The summed E-state index contributed by atoms with van der Waals surface area (Å²) in [4.78, 5) is 16.5. The van der Waals surface area contributed by atoms with E-state index in [1.807, 2.05) is 0 Å². The molecule has 5 nitrogen and oxygen atoms in total. The summed E-state index contributed by atoms with van der Waals surface area (Å²) in [6.07, 6.45) is -6.01. The van der Waals surface area contributed by atoms with Crippen molar-refractivity contribution in [2.75, 3.05) is 13.1 Å². The van der Waals surface area contributed by atoms with Gasteiger partial charge in [0.1, 0.15) is 5.69 Å². The van der Waals surface area contributed by atoms with Crippen LogP contribution in [0.4, 0.5) is 13.2 Å². The Morgan fingerprint density at radius 2 is 1.84 bits per heavy atom. The average Bonchev–Trinajstić information content (AvgIpc) is 2.68. The van der Waals surface area contributed by atoms with Crippen molar-refractivity contribution in [2.45, 2.75) is 18.4 Å². The highest BCUT2D eigenvalue weighted by Crippen LogP contribution is 2.28. The first kappa shape index (κ1) is 13.8. The molecule has 1 aliphatic heterocycles. The van der Waals surface area contributed by atoms with Crippen molar-refractivity contribution in [3.05, 3.63) is 29.6 Å². The van der Waals surface area contributed by atoms with Crippen LogP contribution in [0.25, 0.3) is 0 Å². The maximum Gasteiger partial charge on any atom is 0.417 e. The third kappa shape index (κ3) is 2.85. The Morgan fingerprint density at radius 1 is 1.26 bits per heavy atom. The predicted octanol–water partition coefficient (Wildman–Crippen LogP) is 0.278. The zero-order chi connectivity index (χ0) is 14.2. The van der Waals surface area contributed by atoms with Crippen LogP contribution in [0, 0.1) is 0 Å². The van der Waals surface area contributed by atoms with E-state index in [4.69, 9.17) is 0 Å². The fraction of sp³-hybridized carbons (Fsp3) is 0.455. The van der Waals surface area contributed by atoms with Crippen molar-refractivity contribution >= 4 is 5.91 Å². The van der Waals surface area contributed by atoms with Crippen LogP contribution >= 0.6 is 0 Å². The second-order valence-electron chi connectivity index (χ2n) is 4.27. The Hall–Kier alpha value is -1.67. The van der Waals surface area contributed by atoms with Crippen LogP contribution in [-0.2, 0) is 6.18 Å². The molecule has 0 radical (unpaired) electrons. The summed E-state index contributed by atoms with van der Waals surface area (Å²) >= 11 is 0. The molecule has 2 N–H and O–H groups in total. The smallest absolute Gasteiger partial charge is 0.388 e. The molecule has 104 valence electrons. The number of pyridine rings is 1. The third-order valence-electron chi connectivity index (χ3n) is 2.86. The average molecular weight is 276 g/mol. The van der Waals surface area contributed by atoms with Gasteiger partial charge in [-0.3, -0.25) is 9.78 Å². The normalized spacial score (nSPS) is 23.7. The molecule has 1 aromatic heterocycles. The number of amides is 1. The highest BCUT2D eigenvalue weighted by molar-refractivity contribution is 5.92. The summed E-state index contributed by atoms with van der Waals surface area (Å²) in [7, 11) is 0. The lowest BCUT2D eigenvalue weighted by Crippen LogP contribution is -2.30. The Bertz CT molecular complexity index is 465. The maximum atomic E-state index is 12.3. The molecule has 0 bridgehead atoms. The van der Waals surface area contributed by atoms with Crippen molar-refractivity contribution in [3.63, 3.8) is 0 Å². The van der Waals surface area contributed by atoms with E-state index < -0.39 is 29.9 Å². The van der Waals surface area contributed by atoms with E-state index in [1.165, 1.54) is 0 Å². The summed E-state index contributed by atoms with van der Waals surface area (Å²) in [5.41, 5.74) is -1.10. The van der Waals surface area contributed by atoms with E-state index in [9.17, 15) is 28.2 Å². The van der Waals surface area contributed by atoms with Gasteiger partial charge in [0.2, 0.25) is 0 Å². The number of carbonyl (C=O) groups excluding carboxylic acids is 1. The van der Waals surface area contributed by atoms with Crippen molar-refractivity contribution < 1.29 is 28.2 Å². The molecule has 1 fully saturated rings. The molecule has 19 heavy (non-hydrogen) atoms. The SMILES string of the molecule is O=C(c1ccc(C(F)(F)F)cn1)N1CC(O)C(O)C1. The number of rotatable bonds is 1. The minimum Gasteiger partial charge on any atom is -0.388 e. The van der Waals surface area contributed by atoms with Gasteiger partial charge in [0.05, 0.1) is 17.8 Å². The number of hydrogen-bond donors (Lipinski definition) is 2. The van der Waals surface area contributed by atoms with E-state index in [1.54, 1.807) is 0 Å². The van der Waals surface area contributed by atoms with E-state index >= 15 is 0 Å². The number of nitrogens with zero attached hydrogens (tertiary/aromatic N) is 2. The molecule has 2 atom stereocenters. The van der Waals surface area contributed by atoms with Gasteiger partial charge in [-0.25, -0.2) is 0 Å². The van der Waals surface area contributed by atoms with Gasteiger partial charge in [-0.1, -0.05) is 0 Å². The lowest BCUT2D eigenvalue weighted by atomic mass is 10.2. The van der Waals surface area contributed by atoms with Crippen LogP contribution in [0.2, 0.25) is 0 Å². The first-order chi connectivity index (χ1) is 8.79. The minimum atomic E-state index is -4.51. The van der Waals surface area contributed by atoms with Gasteiger partial charge in [0.25, 0.3) is 5.91 Å². The number of aliphatic hydroxyl groups excluding tert-OH is 2. The Labute approximate surface area is 106 Å². The minimum absolute atomic E-state index is 0.0668. The number of halogens is 3. The van der Waals surface area contributed by atoms with Crippen LogP contribution in [-0.4, -0.2) is 51.3 Å². The van der Waals surface area contributed by atoms with Gasteiger partial charge in [0.15, 0.2) is 0 Å². The van der Waals surface area contributed by atoms with Gasteiger partial charge in [-0.2, -0.15) is 13.2 Å². The number of alkyl halides is 3. The van der Waals surface area contributed by atoms with Crippen molar-refractivity contribution in [3.8, 4) is 0 Å². The van der Waals surface area contributed by atoms with E-state index in [0.717, 1.165) is 17.0 Å². The molecule has 0 aliphatic carbocycles. The van der Waals surface area contributed by atoms with E-state index in [0.29, 0.717) is 6.20 Å². The quantitative estimate of drug-likeness (QED) is 0.772. The largest absolute Gasteiger partial charge is 0.417 e. The molecular formula is C11H11F3N2O3. The summed E-state index contributed by atoms with van der Waals surface area (Å²) in [5.74, 6) is -0.621. The molecule has 2 heterocycles. The first-order valence-electron chi connectivity index (χ1n) is 5.47. The van der Waals surface area contributed by atoms with E-state index in [2.05, 4.69) is 4.98 Å². The topological polar surface area (TPSA) is 73.7 Å². The molecule has 0 aromatic carbocycles. The number of carbonyl (C=O) groups is 1. The summed E-state index contributed by atoms with van der Waals surface area (Å²) < 4.78 is 37.0. The number of hydrogen-bond acceptors (Lipinski definition) is 4. The fourth-order valence-corrected chi connectivity index (χ4v) is 1.79. The van der Waals surface area contributed by atoms with Gasteiger partial charge in [-0.15, -0.1) is 0 Å². The zero-order valence-corrected chi connectivity index (χ0v) is 9.63. The van der Waals surface area contributed by atoms with Crippen LogP contribution in [0.3, 0.4) is 0 Å². The molecule has 1 aromatic rings. The molecular weight excluding hydrogens is 265 g/mol. The summed E-state index contributed by atoms with van der Waals surface area (Å²) in [6, 6.07) is 1.74. The van der Waals surface area contributed by atoms with Crippen molar-refractivity contribution in [1.29, 1.82) is 0 Å². The second kappa shape index (κ2) is 4.78. The Morgan fingerprint density at radius 3 is 2.26 bits per heavy atom. The monoisotopic (exact) mass is 276 g/mol. The lowest BCUT2D eigenvalue weighted by molar-refractivity contribution is -0.137. The molecule has 1 amide bonds.